The molecule has 3 nitrogen and oxygen atoms in total. The Balaban J connectivity index is 2.60. The Morgan fingerprint density at radius 2 is 2.00 bits per heavy atom. The Bertz CT molecular complexity index is 351. The number of benzene rings is 1. The van der Waals surface area contributed by atoms with Gasteiger partial charge >= 0.3 is 0 Å². The van der Waals surface area contributed by atoms with E-state index >= 15 is 0 Å². The van der Waals surface area contributed by atoms with Crippen LogP contribution in [0.25, 0.3) is 0 Å². The average molecular weight is 241 g/mol. The number of nitrogens with two attached hydrogens (primary N) is 1. The van der Waals surface area contributed by atoms with Gasteiger partial charge < -0.3 is 11.1 Å². The van der Waals surface area contributed by atoms with Crippen molar-refractivity contribution in [2.45, 2.75) is 26.3 Å². The predicted molar refractivity (Wildman–Crippen MR) is 67.5 cm³/mol. The van der Waals surface area contributed by atoms with E-state index in [0.717, 1.165) is 6.42 Å². The predicted octanol–water partition coefficient (Wildman–Crippen LogP) is 2.65. The van der Waals surface area contributed by atoms with Crippen molar-refractivity contribution < 1.29 is 4.79 Å². The van der Waals surface area contributed by atoms with E-state index in [4.69, 9.17) is 17.3 Å². The van der Waals surface area contributed by atoms with Gasteiger partial charge in [0, 0.05) is 10.7 Å². The van der Waals surface area contributed by atoms with Gasteiger partial charge in [0.15, 0.2) is 0 Å². The molecule has 0 heterocycles. The van der Waals surface area contributed by atoms with Gasteiger partial charge in [-0.05, 0) is 30.2 Å². The summed E-state index contributed by atoms with van der Waals surface area (Å²) in [6.45, 7) is 3.98. The molecule has 4 heteroatoms. The van der Waals surface area contributed by atoms with Crippen molar-refractivity contribution in [2.24, 2.45) is 11.7 Å². The molecule has 2 atom stereocenters. The molecular weight excluding hydrogens is 224 g/mol. The quantitative estimate of drug-likeness (QED) is 0.850. The summed E-state index contributed by atoms with van der Waals surface area (Å²) in [5.41, 5.74) is 6.53. The first-order valence-corrected chi connectivity index (χ1v) is 5.74. The van der Waals surface area contributed by atoms with Crippen LogP contribution >= 0.6 is 11.6 Å². The standard InChI is InChI=1S/C12H17ClN2O/c1-3-8(2)11(14)12(16)15-10-6-4-9(13)5-7-10/h4-8,11H,3,14H2,1-2H3,(H,15,16)/t8-,11-/m0/s1. The van der Waals surface area contributed by atoms with Crippen LogP contribution in [0.15, 0.2) is 24.3 Å². The van der Waals surface area contributed by atoms with E-state index in [1.807, 2.05) is 13.8 Å². The van der Waals surface area contributed by atoms with Gasteiger partial charge in [0.2, 0.25) is 5.91 Å². The molecule has 0 radical (unpaired) electrons. The highest BCUT2D eigenvalue weighted by molar-refractivity contribution is 6.30. The van der Waals surface area contributed by atoms with Gasteiger partial charge in [-0.25, -0.2) is 0 Å². The molecule has 1 aromatic carbocycles. The minimum Gasteiger partial charge on any atom is -0.325 e. The van der Waals surface area contributed by atoms with E-state index in [0.29, 0.717) is 10.7 Å². The first-order chi connectivity index (χ1) is 7.54. The Labute approximate surface area is 101 Å². The fraction of sp³-hybridized carbons (Fsp3) is 0.417. The highest BCUT2D eigenvalue weighted by atomic mass is 35.5. The SMILES string of the molecule is CC[C@H](C)[C@H](N)C(=O)Nc1ccc(Cl)cc1. The summed E-state index contributed by atoms with van der Waals surface area (Å²) >= 11 is 5.75. The maximum absolute atomic E-state index is 11.7. The number of anilines is 1. The van der Waals surface area contributed by atoms with E-state index in [1.165, 1.54) is 0 Å². The summed E-state index contributed by atoms with van der Waals surface area (Å²) in [5.74, 6) is 0.0176. The Hall–Kier alpha value is -1.06. The molecule has 16 heavy (non-hydrogen) atoms. The molecule has 0 saturated heterocycles. The molecule has 0 bridgehead atoms. The highest BCUT2D eigenvalue weighted by Crippen LogP contribution is 2.14. The molecule has 88 valence electrons. The molecule has 1 rings (SSSR count). The lowest BCUT2D eigenvalue weighted by molar-refractivity contribution is -0.118. The maximum atomic E-state index is 11.7. The first-order valence-electron chi connectivity index (χ1n) is 5.36. The van der Waals surface area contributed by atoms with Crippen LogP contribution in [-0.2, 0) is 4.79 Å². The lowest BCUT2D eigenvalue weighted by Crippen LogP contribution is -2.40. The topological polar surface area (TPSA) is 55.1 Å². The van der Waals surface area contributed by atoms with Crippen LogP contribution in [0.4, 0.5) is 5.69 Å². The van der Waals surface area contributed by atoms with Crippen molar-refractivity contribution in [3.05, 3.63) is 29.3 Å². The monoisotopic (exact) mass is 240 g/mol. The Morgan fingerprint density at radius 1 is 1.44 bits per heavy atom. The second-order valence-corrected chi connectivity index (χ2v) is 4.34. The lowest BCUT2D eigenvalue weighted by atomic mass is 9.99. The smallest absolute Gasteiger partial charge is 0.241 e. The van der Waals surface area contributed by atoms with Crippen LogP contribution in [0.3, 0.4) is 0 Å². The largest absolute Gasteiger partial charge is 0.325 e. The summed E-state index contributed by atoms with van der Waals surface area (Å²) in [7, 11) is 0. The number of halogens is 1. The van der Waals surface area contributed by atoms with Gasteiger partial charge in [-0.15, -0.1) is 0 Å². The van der Waals surface area contributed by atoms with Gasteiger partial charge in [0.05, 0.1) is 6.04 Å². The summed E-state index contributed by atoms with van der Waals surface area (Å²) in [6.07, 6.45) is 0.884. The molecule has 3 N–H and O–H groups in total. The van der Waals surface area contributed by atoms with E-state index in [-0.39, 0.29) is 11.8 Å². The van der Waals surface area contributed by atoms with Crippen LogP contribution in [0.5, 0.6) is 0 Å². The number of rotatable bonds is 4. The summed E-state index contributed by atoms with van der Waals surface area (Å²) in [5, 5.41) is 3.40. The maximum Gasteiger partial charge on any atom is 0.241 e. The fourth-order valence-electron chi connectivity index (χ4n) is 1.27. The molecule has 1 amide bonds. The number of hydrogen-bond acceptors (Lipinski definition) is 2. The van der Waals surface area contributed by atoms with Gasteiger partial charge in [-0.1, -0.05) is 31.9 Å². The number of amides is 1. The van der Waals surface area contributed by atoms with Crippen LogP contribution in [0.2, 0.25) is 5.02 Å². The van der Waals surface area contributed by atoms with Crippen molar-refractivity contribution >= 4 is 23.2 Å². The fourth-order valence-corrected chi connectivity index (χ4v) is 1.40. The van der Waals surface area contributed by atoms with Gasteiger partial charge in [-0.3, -0.25) is 4.79 Å². The molecule has 0 saturated carbocycles. The number of carbonyl (C=O) groups is 1. The Kier molecular flexibility index (Phi) is 4.77. The zero-order chi connectivity index (χ0) is 12.1. The van der Waals surface area contributed by atoms with E-state index < -0.39 is 6.04 Å². The Morgan fingerprint density at radius 3 is 2.50 bits per heavy atom. The average Bonchev–Trinajstić information content (AvgIpc) is 2.30. The third-order valence-corrected chi connectivity index (χ3v) is 2.92. The van der Waals surface area contributed by atoms with Crippen LogP contribution in [0.1, 0.15) is 20.3 Å². The molecular formula is C12H17ClN2O. The summed E-state index contributed by atoms with van der Waals surface area (Å²) < 4.78 is 0. The third-order valence-electron chi connectivity index (χ3n) is 2.67. The van der Waals surface area contributed by atoms with Crippen molar-refractivity contribution in [3.63, 3.8) is 0 Å². The second-order valence-electron chi connectivity index (χ2n) is 3.91. The first kappa shape index (κ1) is 13.0. The molecule has 0 fully saturated rings. The molecule has 0 aliphatic carbocycles. The van der Waals surface area contributed by atoms with Gasteiger partial charge in [-0.2, -0.15) is 0 Å². The molecule has 0 spiro atoms. The van der Waals surface area contributed by atoms with Gasteiger partial charge in [0.1, 0.15) is 0 Å². The molecule has 0 unspecified atom stereocenters. The van der Waals surface area contributed by atoms with Crippen LogP contribution in [0, 0.1) is 5.92 Å². The number of hydrogen-bond donors (Lipinski definition) is 2. The third kappa shape index (κ3) is 3.51. The number of carbonyl (C=O) groups excluding carboxylic acids is 1. The second kappa shape index (κ2) is 5.87. The van der Waals surface area contributed by atoms with E-state index in [9.17, 15) is 4.79 Å². The molecule has 1 aromatic rings. The number of nitrogens with one attached hydrogen (secondary N) is 1. The van der Waals surface area contributed by atoms with Crippen molar-refractivity contribution in [3.8, 4) is 0 Å². The summed E-state index contributed by atoms with van der Waals surface area (Å²) in [4.78, 5) is 11.7. The minimum atomic E-state index is -0.472. The van der Waals surface area contributed by atoms with E-state index in [1.54, 1.807) is 24.3 Å². The molecule has 0 aliphatic rings. The van der Waals surface area contributed by atoms with Crippen LogP contribution < -0.4 is 11.1 Å². The van der Waals surface area contributed by atoms with Crippen molar-refractivity contribution in [2.75, 3.05) is 5.32 Å². The van der Waals surface area contributed by atoms with E-state index in [2.05, 4.69) is 5.32 Å². The van der Waals surface area contributed by atoms with Crippen LogP contribution in [-0.4, -0.2) is 11.9 Å². The molecule has 0 aromatic heterocycles. The zero-order valence-corrected chi connectivity index (χ0v) is 10.3. The van der Waals surface area contributed by atoms with Crippen molar-refractivity contribution in [1.82, 2.24) is 0 Å². The normalized spacial score (nSPS) is 14.2. The van der Waals surface area contributed by atoms with Crippen molar-refractivity contribution in [1.29, 1.82) is 0 Å². The zero-order valence-electron chi connectivity index (χ0n) is 9.53. The lowest BCUT2D eigenvalue weighted by Gasteiger charge is -2.17. The highest BCUT2D eigenvalue weighted by Gasteiger charge is 2.19. The summed E-state index contributed by atoms with van der Waals surface area (Å²) in [6, 6.07) is 6.49. The van der Waals surface area contributed by atoms with Gasteiger partial charge in [0.25, 0.3) is 0 Å². The minimum absolute atomic E-state index is 0.156. The molecule has 0 aliphatic heterocycles.